The summed E-state index contributed by atoms with van der Waals surface area (Å²) in [4.78, 5) is 4.28. The highest BCUT2D eigenvalue weighted by molar-refractivity contribution is 5.25. The maximum absolute atomic E-state index is 13.3. The number of aryl methyl sites for hydroxylation is 1. The van der Waals surface area contributed by atoms with Gasteiger partial charge in [-0.15, -0.1) is 0 Å². The van der Waals surface area contributed by atoms with Crippen molar-refractivity contribution in [1.82, 2.24) is 9.55 Å². The summed E-state index contributed by atoms with van der Waals surface area (Å²) in [5.41, 5.74) is 8.95. The lowest BCUT2D eigenvalue weighted by Gasteiger charge is -2.24. The molecule has 2 aromatic rings. The molecule has 0 aliphatic rings. The normalized spacial score (nSPS) is 14.5. The highest BCUT2D eigenvalue weighted by Crippen LogP contribution is 2.24. The first-order valence-corrected chi connectivity index (χ1v) is 6.01. The molecule has 0 radical (unpaired) electrons. The molecular formula is C14H18FN3. The number of aromatic nitrogens is 2. The zero-order chi connectivity index (χ0) is 13.3. The van der Waals surface area contributed by atoms with Gasteiger partial charge < -0.3 is 10.3 Å². The van der Waals surface area contributed by atoms with E-state index in [0.717, 1.165) is 17.0 Å². The molecule has 0 saturated heterocycles. The minimum atomic E-state index is -0.243. The number of hydrogen-bond donors (Lipinski definition) is 1. The van der Waals surface area contributed by atoms with Crippen molar-refractivity contribution in [1.29, 1.82) is 0 Å². The molecule has 1 heterocycles. The molecule has 4 heteroatoms. The molecule has 3 nitrogen and oxygen atoms in total. The number of imidazole rings is 1. The van der Waals surface area contributed by atoms with Crippen LogP contribution in [0.2, 0.25) is 0 Å². The molecule has 2 N–H and O–H groups in total. The fraction of sp³-hybridized carbons (Fsp3) is 0.357. The monoisotopic (exact) mass is 247 g/mol. The number of nitrogens with zero attached hydrogens (tertiary/aromatic N) is 2. The second-order valence-corrected chi connectivity index (χ2v) is 4.68. The lowest BCUT2D eigenvalue weighted by Crippen LogP contribution is -2.30. The van der Waals surface area contributed by atoms with Crippen molar-refractivity contribution < 1.29 is 4.39 Å². The minimum absolute atomic E-state index is 0.0955. The second kappa shape index (κ2) is 4.90. The van der Waals surface area contributed by atoms with E-state index in [4.69, 9.17) is 5.73 Å². The summed E-state index contributed by atoms with van der Waals surface area (Å²) >= 11 is 0. The third-order valence-electron chi connectivity index (χ3n) is 3.27. The molecule has 0 saturated carbocycles. The Morgan fingerprint density at radius 2 is 2.06 bits per heavy atom. The van der Waals surface area contributed by atoms with E-state index in [1.807, 2.05) is 31.4 Å². The van der Waals surface area contributed by atoms with Gasteiger partial charge in [0.2, 0.25) is 0 Å². The SMILES string of the molecule is Cc1ncn(C(c2cccc(F)c2)C(C)N)c1C. The van der Waals surface area contributed by atoms with Gasteiger partial charge in [-0.3, -0.25) is 0 Å². The highest BCUT2D eigenvalue weighted by atomic mass is 19.1. The van der Waals surface area contributed by atoms with E-state index >= 15 is 0 Å². The van der Waals surface area contributed by atoms with Crippen molar-refractivity contribution in [3.8, 4) is 0 Å². The van der Waals surface area contributed by atoms with Crippen LogP contribution in [0.25, 0.3) is 0 Å². The Morgan fingerprint density at radius 1 is 1.33 bits per heavy atom. The van der Waals surface area contributed by atoms with Crippen LogP contribution in [0.1, 0.15) is 29.9 Å². The fourth-order valence-corrected chi connectivity index (χ4v) is 2.20. The smallest absolute Gasteiger partial charge is 0.123 e. The van der Waals surface area contributed by atoms with Crippen LogP contribution < -0.4 is 5.73 Å². The van der Waals surface area contributed by atoms with E-state index in [9.17, 15) is 4.39 Å². The molecular weight excluding hydrogens is 229 g/mol. The van der Waals surface area contributed by atoms with Gasteiger partial charge in [-0.05, 0) is 38.5 Å². The van der Waals surface area contributed by atoms with Gasteiger partial charge in [0.1, 0.15) is 5.82 Å². The topological polar surface area (TPSA) is 43.8 Å². The Hall–Kier alpha value is -1.68. The summed E-state index contributed by atoms with van der Waals surface area (Å²) in [6.45, 7) is 5.87. The van der Waals surface area contributed by atoms with E-state index in [2.05, 4.69) is 4.98 Å². The minimum Gasteiger partial charge on any atom is -0.326 e. The van der Waals surface area contributed by atoms with Gasteiger partial charge in [0, 0.05) is 11.7 Å². The summed E-state index contributed by atoms with van der Waals surface area (Å²) < 4.78 is 15.4. The average Bonchev–Trinajstić information content (AvgIpc) is 2.61. The van der Waals surface area contributed by atoms with E-state index < -0.39 is 0 Å². The molecule has 18 heavy (non-hydrogen) atoms. The van der Waals surface area contributed by atoms with Crippen molar-refractivity contribution in [3.05, 3.63) is 53.4 Å². The lowest BCUT2D eigenvalue weighted by atomic mass is 10.0. The predicted octanol–water partition coefficient (Wildman–Crippen LogP) is 2.58. The Labute approximate surface area is 106 Å². The molecule has 0 amide bonds. The molecule has 0 aliphatic carbocycles. The molecule has 0 spiro atoms. The number of halogens is 1. The summed E-state index contributed by atoms with van der Waals surface area (Å²) in [5, 5.41) is 0. The van der Waals surface area contributed by atoms with Crippen molar-refractivity contribution in [2.24, 2.45) is 5.73 Å². The summed E-state index contributed by atoms with van der Waals surface area (Å²) in [6, 6.07) is 6.35. The third-order valence-corrected chi connectivity index (χ3v) is 3.27. The molecule has 0 aliphatic heterocycles. The van der Waals surface area contributed by atoms with E-state index in [-0.39, 0.29) is 17.9 Å². The largest absolute Gasteiger partial charge is 0.326 e. The van der Waals surface area contributed by atoms with Crippen LogP contribution in [-0.2, 0) is 0 Å². The standard InChI is InChI=1S/C14H18FN3/c1-9(16)14(12-5-4-6-13(15)7-12)18-8-17-10(2)11(18)3/h4-9,14H,16H2,1-3H3. The Bertz CT molecular complexity index is 546. The molecule has 2 rings (SSSR count). The van der Waals surface area contributed by atoms with Crippen molar-refractivity contribution >= 4 is 0 Å². The maximum Gasteiger partial charge on any atom is 0.123 e. The van der Waals surface area contributed by atoms with Crippen molar-refractivity contribution in [2.75, 3.05) is 0 Å². The van der Waals surface area contributed by atoms with Crippen LogP contribution in [0.5, 0.6) is 0 Å². The van der Waals surface area contributed by atoms with Crippen molar-refractivity contribution in [3.63, 3.8) is 0 Å². The lowest BCUT2D eigenvalue weighted by molar-refractivity contribution is 0.484. The number of rotatable bonds is 3. The van der Waals surface area contributed by atoms with E-state index in [0.29, 0.717) is 0 Å². The maximum atomic E-state index is 13.3. The zero-order valence-corrected chi connectivity index (χ0v) is 10.9. The fourth-order valence-electron chi connectivity index (χ4n) is 2.20. The van der Waals surface area contributed by atoms with Gasteiger partial charge in [-0.1, -0.05) is 12.1 Å². The first kappa shape index (κ1) is 12.8. The third kappa shape index (κ3) is 2.29. The van der Waals surface area contributed by atoms with Crippen LogP contribution >= 0.6 is 0 Å². The average molecular weight is 247 g/mol. The second-order valence-electron chi connectivity index (χ2n) is 4.68. The van der Waals surface area contributed by atoms with Gasteiger partial charge in [0.05, 0.1) is 18.1 Å². The Balaban J connectivity index is 2.50. The van der Waals surface area contributed by atoms with Gasteiger partial charge in [-0.2, -0.15) is 0 Å². The molecule has 0 fully saturated rings. The molecule has 2 unspecified atom stereocenters. The van der Waals surface area contributed by atoms with Crippen LogP contribution in [-0.4, -0.2) is 15.6 Å². The van der Waals surface area contributed by atoms with Crippen LogP contribution in [0, 0.1) is 19.7 Å². The molecule has 2 atom stereocenters. The summed E-state index contributed by atoms with van der Waals surface area (Å²) in [6.07, 6.45) is 1.77. The van der Waals surface area contributed by atoms with Crippen LogP contribution in [0.4, 0.5) is 4.39 Å². The summed E-state index contributed by atoms with van der Waals surface area (Å²) in [7, 11) is 0. The van der Waals surface area contributed by atoms with Crippen LogP contribution in [0.3, 0.4) is 0 Å². The zero-order valence-electron chi connectivity index (χ0n) is 10.9. The summed E-state index contributed by atoms with van der Waals surface area (Å²) in [5.74, 6) is -0.243. The predicted molar refractivity (Wildman–Crippen MR) is 69.9 cm³/mol. The van der Waals surface area contributed by atoms with Gasteiger partial charge in [-0.25, -0.2) is 9.37 Å². The Morgan fingerprint density at radius 3 is 2.56 bits per heavy atom. The first-order valence-electron chi connectivity index (χ1n) is 6.01. The van der Waals surface area contributed by atoms with Gasteiger partial charge in [0.15, 0.2) is 0 Å². The molecule has 1 aromatic carbocycles. The quantitative estimate of drug-likeness (QED) is 0.906. The van der Waals surface area contributed by atoms with E-state index in [1.165, 1.54) is 12.1 Å². The number of benzene rings is 1. The number of hydrogen-bond acceptors (Lipinski definition) is 2. The van der Waals surface area contributed by atoms with Gasteiger partial charge in [0.25, 0.3) is 0 Å². The van der Waals surface area contributed by atoms with Crippen molar-refractivity contribution in [2.45, 2.75) is 32.9 Å². The molecule has 96 valence electrons. The van der Waals surface area contributed by atoms with E-state index in [1.54, 1.807) is 12.4 Å². The number of nitrogens with two attached hydrogens (primary N) is 1. The molecule has 0 bridgehead atoms. The van der Waals surface area contributed by atoms with Gasteiger partial charge >= 0.3 is 0 Å². The Kier molecular flexibility index (Phi) is 3.48. The first-order chi connectivity index (χ1) is 8.50. The molecule has 1 aromatic heterocycles. The van der Waals surface area contributed by atoms with Crippen LogP contribution in [0.15, 0.2) is 30.6 Å². The highest BCUT2D eigenvalue weighted by Gasteiger charge is 2.20.